The minimum absolute atomic E-state index is 0.142. The van der Waals surface area contributed by atoms with Crippen LogP contribution in [0.3, 0.4) is 0 Å². The Morgan fingerprint density at radius 2 is 1.97 bits per heavy atom. The monoisotopic (exact) mass is 486 g/mol. The standard InChI is InChI=1S/C25H31ClN4O2S/c1-3-6-30-22(14-25-11-16-7-17(12-25)9-18(8-16)13-25)28-29-24(30)33-15-23(31)27-20-10-19(26)4-5-21(20)32-2/h3-5,10,16-18H,1,6-9,11-15H2,2H3,(H,27,31). The maximum Gasteiger partial charge on any atom is 0.234 e. The fraction of sp³-hybridized carbons (Fsp3) is 0.560. The van der Waals surface area contributed by atoms with Crippen molar-refractivity contribution in [1.29, 1.82) is 0 Å². The SMILES string of the molecule is C=CCn1c(CC23CC4CC(CC(C4)C2)C3)nnc1SCC(=O)Nc1cc(Cl)ccc1OC. The number of hydrogen-bond donors (Lipinski definition) is 1. The second kappa shape index (κ2) is 9.34. The van der Waals surface area contributed by atoms with Crippen molar-refractivity contribution in [3.8, 4) is 5.75 Å². The fourth-order valence-corrected chi connectivity index (χ4v) is 7.74. The van der Waals surface area contributed by atoms with Crippen LogP contribution < -0.4 is 10.1 Å². The molecule has 1 aromatic carbocycles. The summed E-state index contributed by atoms with van der Waals surface area (Å²) in [4.78, 5) is 12.6. The zero-order valence-electron chi connectivity index (χ0n) is 19.1. The molecular weight excluding hydrogens is 456 g/mol. The summed E-state index contributed by atoms with van der Waals surface area (Å²) in [7, 11) is 1.57. The van der Waals surface area contributed by atoms with Crippen LogP contribution in [0.5, 0.6) is 5.75 Å². The molecule has 176 valence electrons. The first kappa shape index (κ1) is 22.8. The Morgan fingerprint density at radius 1 is 1.27 bits per heavy atom. The number of aromatic nitrogens is 3. The minimum Gasteiger partial charge on any atom is -0.495 e. The number of allylic oxidation sites excluding steroid dienone is 1. The lowest BCUT2D eigenvalue weighted by Crippen LogP contribution is -2.47. The topological polar surface area (TPSA) is 69.0 Å². The number of carbonyl (C=O) groups excluding carboxylic acids is 1. The van der Waals surface area contributed by atoms with Crippen molar-refractivity contribution in [2.24, 2.45) is 23.2 Å². The van der Waals surface area contributed by atoms with E-state index in [0.29, 0.717) is 28.4 Å². The smallest absolute Gasteiger partial charge is 0.234 e. The van der Waals surface area contributed by atoms with Gasteiger partial charge in [-0.15, -0.1) is 16.8 Å². The lowest BCUT2D eigenvalue weighted by molar-refractivity contribution is -0.113. The molecule has 1 amide bonds. The summed E-state index contributed by atoms with van der Waals surface area (Å²) in [5.74, 6) is 4.43. The van der Waals surface area contributed by atoms with Crippen molar-refractivity contribution in [3.63, 3.8) is 0 Å². The number of thioether (sulfide) groups is 1. The molecule has 0 aliphatic heterocycles. The van der Waals surface area contributed by atoms with Crippen LogP contribution in [0.25, 0.3) is 0 Å². The Hall–Kier alpha value is -1.99. The van der Waals surface area contributed by atoms with Gasteiger partial charge in [-0.25, -0.2) is 0 Å². The van der Waals surface area contributed by atoms with Gasteiger partial charge in [-0.05, 0) is 79.9 Å². The summed E-state index contributed by atoms with van der Waals surface area (Å²) in [6.07, 6.45) is 11.2. The Kier molecular flexibility index (Phi) is 6.45. The molecule has 4 aliphatic rings. The van der Waals surface area contributed by atoms with Crippen molar-refractivity contribution >= 4 is 35.0 Å². The average molecular weight is 487 g/mol. The summed E-state index contributed by atoms with van der Waals surface area (Å²) in [5, 5.41) is 13.2. The number of halogens is 1. The summed E-state index contributed by atoms with van der Waals surface area (Å²) >= 11 is 7.47. The van der Waals surface area contributed by atoms with E-state index in [-0.39, 0.29) is 11.7 Å². The predicted molar refractivity (Wildman–Crippen MR) is 132 cm³/mol. The number of ether oxygens (including phenoxy) is 1. The van der Waals surface area contributed by atoms with Crippen molar-refractivity contribution in [2.45, 2.75) is 56.6 Å². The Labute approximate surface area is 204 Å². The Balaban J connectivity index is 1.26. The molecule has 33 heavy (non-hydrogen) atoms. The zero-order valence-corrected chi connectivity index (χ0v) is 20.6. The molecule has 0 radical (unpaired) electrons. The van der Waals surface area contributed by atoms with Gasteiger partial charge in [0.25, 0.3) is 0 Å². The van der Waals surface area contributed by atoms with Gasteiger partial charge in [0.05, 0.1) is 18.6 Å². The average Bonchev–Trinajstić information content (AvgIpc) is 3.12. The molecule has 0 spiro atoms. The van der Waals surface area contributed by atoms with Crippen LogP contribution in [-0.4, -0.2) is 33.5 Å². The molecule has 4 aliphatic carbocycles. The highest BCUT2D eigenvalue weighted by atomic mass is 35.5. The molecule has 6 nitrogen and oxygen atoms in total. The molecular formula is C25H31ClN4O2S. The summed E-state index contributed by atoms with van der Waals surface area (Å²) in [5.41, 5.74) is 0.953. The molecule has 1 aromatic heterocycles. The fourth-order valence-electron chi connectivity index (χ4n) is 6.81. The van der Waals surface area contributed by atoms with Gasteiger partial charge in [0, 0.05) is 18.0 Å². The molecule has 8 heteroatoms. The number of carbonyl (C=O) groups is 1. The molecule has 4 saturated carbocycles. The number of benzene rings is 1. The van der Waals surface area contributed by atoms with E-state index < -0.39 is 0 Å². The molecule has 2 aromatic rings. The zero-order chi connectivity index (χ0) is 23.0. The van der Waals surface area contributed by atoms with Gasteiger partial charge in [-0.2, -0.15) is 0 Å². The van der Waals surface area contributed by atoms with Crippen molar-refractivity contribution in [3.05, 3.63) is 41.7 Å². The molecule has 4 fully saturated rings. The number of rotatable bonds is 9. The number of methoxy groups -OCH3 is 1. The first-order chi connectivity index (χ1) is 16.0. The van der Waals surface area contributed by atoms with Crippen LogP contribution in [0.15, 0.2) is 36.0 Å². The van der Waals surface area contributed by atoms with Gasteiger partial charge in [0.2, 0.25) is 5.91 Å². The first-order valence-corrected chi connectivity index (χ1v) is 13.1. The van der Waals surface area contributed by atoms with Gasteiger partial charge < -0.3 is 14.6 Å². The van der Waals surface area contributed by atoms with E-state index >= 15 is 0 Å². The van der Waals surface area contributed by atoms with Crippen molar-refractivity contribution in [2.75, 3.05) is 18.2 Å². The van der Waals surface area contributed by atoms with Gasteiger partial charge in [-0.3, -0.25) is 4.79 Å². The van der Waals surface area contributed by atoms with E-state index in [1.54, 1.807) is 25.3 Å². The van der Waals surface area contributed by atoms with E-state index in [1.807, 2.05) is 6.08 Å². The highest BCUT2D eigenvalue weighted by molar-refractivity contribution is 7.99. The van der Waals surface area contributed by atoms with Gasteiger partial charge >= 0.3 is 0 Å². The predicted octanol–water partition coefficient (Wildman–Crippen LogP) is 5.62. The number of amides is 1. The Bertz CT molecular complexity index is 1020. The van der Waals surface area contributed by atoms with E-state index in [4.69, 9.17) is 16.3 Å². The minimum atomic E-state index is -0.142. The van der Waals surface area contributed by atoms with Crippen LogP contribution in [0, 0.1) is 23.2 Å². The van der Waals surface area contributed by atoms with Gasteiger partial charge in [0.15, 0.2) is 5.16 Å². The lowest BCUT2D eigenvalue weighted by atomic mass is 9.49. The van der Waals surface area contributed by atoms with E-state index in [9.17, 15) is 4.79 Å². The maximum atomic E-state index is 12.6. The molecule has 0 atom stereocenters. The third-order valence-corrected chi connectivity index (χ3v) is 8.77. The van der Waals surface area contributed by atoms with Crippen LogP contribution in [-0.2, 0) is 17.8 Å². The molecule has 4 bridgehead atoms. The second-order valence-electron chi connectivity index (χ2n) is 10.1. The van der Waals surface area contributed by atoms with E-state index in [1.165, 1.54) is 50.3 Å². The number of anilines is 1. The lowest BCUT2D eigenvalue weighted by Gasteiger charge is -2.56. The van der Waals surface area contributed by atoms with Crippen LogP contribution in [0.4, 0.5) is 5.69 Å². The largest absolute Gasteiger partial charge is 0.495 e. The summed E-state index contributed by atoms with van der Waals surface area (Å²) in [6.45, 7) is 4.59. The van der Waals surface area contributed by atoms with Crippen molar-refractivity contribution in [1.82, 2.24) is 14.8 Å². The highest BCUT2D eigenvalue weighted by Gasteiger charge is 2.51. The number of hydrogen-bond acceptors (Lipinski definition) is 5. The Morgan fingerprint density at radius 3 is 2.61 bits per heavy atom. The highest BCUT2D eigenvalue weighted by Crippen LogP contribution is 2.61. The molecule has 1 heterocycles. The van der Waals surface area contributed by atoms with Crippen LogP contribution in [0.2, 0.25) is 5.02 Å². The second-order valence-corrected chi connectivity index (χ2v) is 11.5. The first-order valence-electron chi connectivity index (χ1n) is 11.8. The number of nitrogens with zero attached hydrogens (tertiary/aromatic N) is 3. The normalized spacial score (nSPS) is 27.5. The third-order valence-electron chi connectivity index (χ3n) is 7.57. The summed E-state index contributed by atoms with van der Waals surface area (Å²) < 4.78 is 7.46. The van der Waals surface area contributed by atoms with Gasteiger partial charge in [-0.1, -0.05) is 29.4 Å². The molecule has 0 unspecified atom stereocenters. The van der Waals surface area contributed by atoms with Crippen LogP contribution >= 0.6 is 23.4 Å². The third kappa shape index (κ3) is 4.80. The quantitative estimate of drug-likeness (QED) is 0.368. The maximum absolute atomic E-state index is 12.6. The molecule has 0 saturated heterocycles. The van der Waals surface area contributed by atoms with Crippen LogP contribution in [0.1, 0.15) is 44.3 Å². The molecule has 1 N–H and O–H groups in total. The number of nitrogens with one attached hydrogen (secondary N) is 1. The van der Waals surface area contributed by atoms with E-state index in [2.05, 4.69) is 26.7 Å². The van der Waals surface area contributed by atoms with E-state index in [0.717, 1.165) is 35.2 Å². The van der Waals surface area contributed by atoms with Crippen molar-refractivity contribution < 1.29 is 9.53 Å². The summed E-state index contributed by atoms with van der Waals surface area (Å²) in [6, 6.07) is 5.16. The molecule has 6 rings (SSSR count). The van der Waals surface area contributed by atoms with Gasteiger partial charge in [0.1, 0.15) is 11.6 Å².